The van der Waals surface area contributed by atoms with Gasteiger partial charge in [-0.15, -0.1) is 11.3 Å². The number of amides is 2. The molecule has 3 rings (SSSR count). The SMILES string of the molecule is CNS(=O)(=O)c1ccc(C(=O)N2CCN(C(=O)c3cccs3)CC2)cc1. The highest BCUT2D eigenvalue weighted by atomic mass is 32.2. The summed E-state index contributed by atoms with van der Waals surface area (Å²) in [5.41, 5.74) is 0.429. The topological polar surface area (TPSA) is 86.8 Å². The first-order valence-corrected chi connectivity index (χ1v) is 10.4. The van der Waals surface area contributed by atoms with Crippen molar-refractivity contribution in [1.29, 1.82) is 0 Å². The molecule has 0 radical (unpaired) electrons. The molecule has 1 aromatic heterocycles. The van der Waals surface area contributed by atoms with Gasteiger partial charge in [0.25, 0.3) is 11.8 Å². The zero-order valence-electron chi connectivity index (χ0n) is 14.2. The number of hydrogen-bond acceptors (Lipinski definition) is 5. The van der Waals surface area contributed by atoms with Crippen molar-refractivity contribution < 1.29 is 18.0 Å². The van der Waals surface area contributed by atoms with Crippen molar-refractivity contribution >= 4 is 33.2 Å². The van der Waals surface area contributed by atoms with Crippen LogP contribution in [0.1, 0.15) is 20.0 Å². The van der Waals surface area contributed by atoms with Crippen LogP contribution >= 0.6 is 11.3 Å². The Morgan fingerprint density at radius 3 is 2.04 bits per heavy atom. The number of benzene rings is 1. The van der Waals surface area contributed by atoms with E-state index in [-0.39, 0.29) is 16.7 Å². The average Bonchev–Trinajstić information content (AvgIpc) is 3.22. The Morgan fingerprint density at radius 1 is 0.962 bits per heavy atom. The highest BCUT2D eigenvalue weighted by Gasteiger charge is 2.26. The molecule has 9 heteroatoms. The number of thiophene rings is 1. The third-order valence-corrected chi connectivity index (χ3v) is 6.55. The molecule has 7 nitrogen and oxygen atoms in total. The lowest BCUT2D eigenvalue weighted by molar-refractivity contribution is 0.0538. The minimum Gasteiger partial charge on any atom is -0.335 e. The van der Waals surface area contributed by atoms with Crippen LogP contribution in [0.15, 0.2) is 46.7 Å². The molecular weight excluding hydrogens is 374 g/mol. The first-order chi connectivity index (χ1) is 12.4. The molecule has 0 unspecified atom stereocenters. The van der Waals surface area contributed by atoms with E-state index < -0.39 is 10.0 Å². The molecule has 1 fully saturated rings. The first kappa shape index (κ1) is 18.6. The van der Waals surface area contributed by atoms with Gasteiger partial charge >= 0.3 is 0 Å². The summed E-state index contributed by atoms with van der Waals surface area (Å²) in [5, 5.41) is 1.87. The number of piperazine rings is 1. The largest absolute Gasteiger partial charge is 0.335 e. The van der Waals surface area contributed by atoms with Crippen LogP contribution in [0.25, 0.3) is 0 Å². The van der Waals surface area contributed by atoms with E-state index in [0.29, 0.717) is 36.6 Å². The van der Waals surface area contributed by atoms with Gasteiger partial charge in [-0.2, -0.15) is 0 Å². The molecule has 138 valence electrons. The Balaban J connectivity index is 1.62. The molecule has 0 saturated carbocycles. The lowest BCUT2D eigenvalue weighted by Gasteiger charge is -2.34. The predicted octanol–water partition coefficient (Wildman–Crippen LogP) is 1.25. The van der Waals surface area contributed by atoms with Crippen LogP contribution in [0, 0.1) is 0 Å². The van der Waals surface area contributed by atoms with Crippen molar-refractivity contribution in [2.45, 2.75) is 4.90 Å². The van der Waals surface area contributed by atoms with Gasteiger partial charge in [-0.05, 0) is 42.8 Å². The second-order valence-corrected chi connectivity index (χ2v) is 8.63. The molecule has 1 saturated heterocycles. The second kappa shape index (κ2) is 7.56. The predicted molar refractivity (Wildman–Crippen MR) is 98.8 cm³/mol. The molecule has 26 heavy (non-hydrogen) atoms. The van der Waals surface area contributed by atoms with Gasteiger partial charge in [0.2, 0.25) is 10.0 Å². The van der Waals surface area contributed by atoms with Crippen molar-refractivity contribution in [1.82, 2.24) is 14.5 Å². The van der Waals surface area contributed by atoms with Crippen LogP contribution in [0.3, 0.4) is 0 Å². The second-order valence-electron chi connectivity index (χ2n) is 5.79. The fraction of sp³-hybridized carbons (Fsp3) is 0.294. The maximum absolute atomic E-state index is 12.6. The molecule has 2 aromatic rings. The van der Waals surface area contributed by atoms with Crippen molar-refractivity contribution in [3.63, 3.8) is 0 Å². The van der Waals surface area contributed by atoms with Crippen molar-refractivity contribution in [3.05, 3.63) is 52.2 Å². The maximum Gasteiger partial charge on any atom is 0.264 e. The zero-order valence-corrected chi connectivity index (χ0v) is 15.8. The summed E-state index contributed by atoms with van der Waals surface area (Å²) in [6.07, 6.45) is 0. The summed E-state index contributed by atoms with van der Waals surface area (Å²) in [6.45, 7) is 1.86. The lowest BCUT2D eigenvalue weighted by atomic mass is 10.2. The van der Waals surface area contributed by atoms with E-state index in [0.717, 1.165) is 0 Å². The van der Waals surface area contributed by atoms with Crippen LogP contribution in [0.2, 0.25) is 0 Å². The Morgan fingerprint density at radius 2 is 1.54 bits per heavy atom. The van der Waals surface area contributed by atoms with Gasteiger partial charge < -0.3 is 9.80 Å². The molecule has 2 amide bonds. The number of nitrogens with zero attached hydrogens (tertiary/aromatic N) is 2. The van der Waals surface area contributed by atoms with Crippen molar-refractivity contribution in [3.8, 4) is 0 Å². The van der Waals surface area contributed by atoms with Crippen LogP contribution in [0.5, 0.6) is 0 Å². The van der Waals surface area contributed by atoms with Crippen LogP contribution < -0.4 is 4.72 Å². The number of carbonyl (C=O) groups is 2. The van der Waals surface area contributed by atoms with Crippen LogP contribution in [-0.4, -0.2) is 63.3 Å². The Bertz CT molecular complexity index is 885. The minimum absolute atomic E-state index is 0.00581. The van der Waals surface area contributed by atoms with Gasteiger partial charge in [0.15, 0.2) is 0 Å². The third-order valence-electron chi connectivity index (χ3n) is 4.27. The standard InChI is InChI=1S/C17H19N3O4S2/c1-18-26(23,24)14-6-4-13(5-7-14)16(21)19-8-10-20(11-9-19)17(22)15-3-2-12-25-15/h2-7,12,18H,8-11H2,1H3. The smallest absolute Gasteiger partial charge is 0.264 e. The monoisotopic (exact) mass is 393 g/mol. The molecule has 0 atom stereocenters. The molecule has 0 bridgehead atoms. The van der Waals surface area contributed by atoms with Gasteiger partial charge in [-0.1, -0.05) is 6.07 Å². The zero-order chi connectivity index (χ0) is 18.7. The van der Waals surface area contributed by atoms with Crippen molar-refractivity contribution in [2.24, 2.45) is 0 Å². The molecule has 1 aromatic carbocycles. The minimum atomic E-state index is -3.52. The maximum atomic E-state index is 12.6. The first-order valence-electron chi connectivity index (χ1n) is 8.08. The number of carbonyl (C=O) groups excluding carboxylic acids is 2. The number of nitrogens with one attached hydrogen (secondary N) is 1. The van der Waals surface area contributed by atoms with Gasteiger partial charge in [0, 0.05) is 31.7 Å². The summed E-state index contributed by atoms with van der Waals surface area (Å²) in [6, 6.07) is 9.48. The molecule has 1 aliphatic rings. The van der Waals surface area contributed by atoms with Crippen LogP contribution in [0.4, 0.5) is 0 Å². The number of sulfonamides is 1. The van der Waals surface area contributed by atoms with E-state index in [1.807, 2.05) is 11.4 Å². The molecule has 0 spiro atoms. The van der Waals surface area contributed by atoms with Gasteiger partial charge in [0.1, 0.15) is 0 Å². The molecule has 1 aliphatic heterocycles. The van der Waals surface area contributed by atoms with E-state index in [4.69, 9.17) is 0 Å². The summed E-state index contributed by atoms with van der Waals surface area (Å²) in [5.74, 6) is -0.171. The van der Waals surface area contributed by atoms with E-state index in [9.17, 15) is 18.0 Å². The Kier molecular flexibility index (Phi) is 5.40. The third kappa shape index (κ3) is 3.79. The number of rotatable bonds is 4. The summed E-state index contributed by atoms with van der Waals surface area (Å²) >= 11 is 1.41. The summed E-state index contributed by atoms with van der Waals surface area (Å²) < 4.78 is 25.7. The van der Waals surface area contributed by atoms with Gasteiger partial charge in [-0.3, -0.25) is 9.59 Å². The van der Waals surface area contributed by atoms with E-state index >= 15 is 0 Å². The molecular formula is C17H19N3O4S2. The average molecular weight is 393 g/mol. The fourth-order valence-corrected chi connectivity index (χ4v) is 4.17. The normalized spacial score (nSPS) is 15.1. The number of hydrogen-bond donors (Lipinski definition) is 1. The van der Waals surface area contributed by atoms with E-state index in [1.165, 1.54) is 42.6 Å². The quantitative estimate of drug-likeness (QED) is 0.847. The van der Waals surface area contributed by atoms with Gasteiger partial charge in [-0.25, -0.2) is 13.1 Å². The summed E-state index contributed by atoms with van der Waals surface area (Å²) in [7, 11) is -2.18. The molecule has 1 N–H and O–H groups in total. The highest BCUT2D eigenvalue weighted by molar-refractivity contribution is 7.89. The Labute approximate surface area is 156 Å². The molecule has 0 aliphatic carbocycles. The van der Waals surface area contributed by atoms with Gasteiger partial charge in [0.05, 0.1) is 9.77 Å². The van der Waals surface area contributed by atoms with E-state index in [1.54, 1.807) is 15.9 Å². The van der Waals surface area contributed by atoms with E-state index in [2.05, 4.69) is 4.72 Å². The molecule has 2 heterocycles. The highest BCUT2D eigenvalue weighted by Crippen LogP contribution is 2.16. The fourth-order valence-electron chi connectivity index (χ4n) is 2.75. The summed E-state index contributed by atoms with van der Waals surface area (Å²) in [4.78, 5) is 29.2. The Hall–Kier alpha value is -2.23. The lowest BCUT2D eigenvalue weighted by Crippen LogP contribution is -2.50. The van der Waals surface area contributed by atoms with Crippen LogP contribution in [-0.2, 0) is 10.0 Å². The van der Waals surface area contributed by atoms with Crippen molar-refractivity contribution in [2.75, 3.05) is 33.2 Å².